The first-order valence-electron chi connectivity index (χ1n) is 7.49. The van der Waals surface area contributed by atoms with Crippen LogP contribution in [-0.2, 0) is 0 Å². The molecule has 20 heavy (non-hydrogen) atoms. The number of hydrogen-bond acceptors (Lipinski definition) is 2. The van der Waals surface area contributed by atoms with Crippen LogP contribution >= 0.6 is 0 Å². The van der Waals surface area contributed by atoms with Crippen molar-refractivity contribution in [1.82, 2.24) is 5.43 Å². The van der Waals surface area contributed by atoms with Gasteiger partial charge in [0, 0.05) is 5.69 Å². The molecular weight excluding hydrogens is 248 g/mol. The number of aryl methyl sites for hydroxylation is 3. The number of nitrogens with two attached hydrogens (primary N) is 1. The Morgan fingerprint density at radius 1 is 1.10 bits per heavy atom. The number of benzene rings is 1. The lowest BCUT2D eigenvalue weighted by Gasteiger charge is -2.20. The van der Waals surface area contributed by atoms with Crippen molar-refractivity contribution < 1.29 is 0 Å². The quantitative estimate of drug-likeness (QED) is 0.336. The molecule has 0 bridgehead atoms. The van der Waals surface area contributed by atoms with Crippen molar-refractivity contribution in [2.75, 3.05) is 5.32 Å². The average Bonchev–Trinajstić information content (AvgIpc) is 2.42. The van der Waals surface area contributed by atoms with Crippen LogP contribution in [0, 0.1) is 20.8 Å². The summed E-state index contributed by atoms with van der Waals surface area (Å²) in [5.74, 6) is 6.30. The molecule has 1 fully saturated rings. The van der Waals surface area contributed by atoms with Gasteiger partial charge in [0.1, 0.15) is 0 Å². The molecule has 0 heterocycles. The topological polar surface area (TPSA) is 62.4 Å². The molecule has 4 nitrogen and oxygen atoms in total. The molecule has 1 aliphatic rings. The predicted molar refractivity (Wildman–Crippen MR) is 85.9 cm³/mol. The molecule has 1 aromatic rings. The second kappa shape index (κ2) is 6.75. The normalized spacial score (nSPS) is 17.1. The number of hydrogen-bond donors (Lipinski definition) is 3. The minimum atomic E-state index is 0.397. The van der Waals surface area contributed by atoms with Gasteiger partial charge in [-0.05, 0) is 44.7 Å². The molecule has 1 saturated carbocycles. The summed E-state index contributed by atoms with van der Waals surface area (Å²) in [6.07, 6.45) is 6.21. The maximum Gasteiger partial charge on any atom is 0.210 e. The highest BCUT2D eigenvalue weighted by atomic mass is 15.3. The van der Waals surface area contributed by atoms with Gasteiger partial charge < -0.3 is 5.32 Å². The van der Waals surface area contributed by atoms with Crippen molar-refractivity contribution in [2.24, 2.45) is 10.8 Å². The van der Waals surface area contributed by atoms with Crippen molar-refractivity contribution in [3.8, 4) is 0 Å². The van der Waals surface area contributed by atoms with Gasteiger partial charge >= 0.3 is 0 Å². The Hall–Kier alpha value is -1.55. The number of hydrazine groups is 1. The molecular formula is C16H26N4. The molecule has 1 aromatic carbocycles. The molecule has 0 unspecified atom stereocenters. The third-order valence-electron chi connectivity index (χ3n) is 3.94. The fourth-order valence-electron chi connectivity index (χ4n) is 2.99. The van der Waals surface area contributed by atoms with Crippen molar-refractivity contribution in [3.63, 3.8) is 0 Å². The van der Waals surface area contributed by atoms with E-state index in [1.165, 1.54) is 48.8 Å². The summed E-state index contributed by atoms with van der Waals surface area (Å²) in [5, 5.41) is 3.35. The average molecular weight is 274 g/mol. The number of aliphatic imine (C=N–C) groups is 1. The molecule has 0 spiro atoms. The highest BCUT2D eigenvalue weighted by Gasteiger charge is 2.14. The van der Waals surface area contributed by atoms with E-state index in [-0.39, 0.29) is 0 Å². The van der Waals surface area contributed by atoms with Gasteiger partial charge in [-0.15, -0.1) is 0 Å². The van der Waals surface area contributed by atoms with Gasteiger partial charge in [0.25, 0.3) is 0 Å². The summed E-state index contributed by atoms with van der Waals surface area (Å²) in [7, 11) is 0. The van der Waals surface area contributed by atoms with Gasteiger partial charge in [-0.3, -0.25) is 5.43 Å². The summed E-state index contributed by atoms with van der Waals surface area (Å²) in [5.41, 5.74) is 7.51. The zero-order valence-electron chi connectivity index (χ0n) is 12.8. The molecule has 1 aliphatic carbocycles. The van der Waals surface area contributed by atoms with Crippen molar-refractivity contribution in [2.45, 2.75) is 58.9 Å². The van der Waals surface area contributed by atoms with E-state index in [2.05, 4.69) is 43.6 Å². The van der Waals surface area contributed by atoms with Gasteiger partial charge in [0.15, 0.2) is 0 Å². The van der Waals surface area contributed by atoms with Crippen LogP contribution in [0.25, 0.3) is 0 Å². The van der Waals surface area contributed by atoms with E-state index in [1.54, 1.807) is 0 Å². The monoisotopic (exact) mass is 274 g/mol. The minimum absolute atomic E-state index is 0.397. The molecule has 110 valence electrons. The molecule has 4 heteroatoms. The highest BCUT2D eigenvalue weighted by Crippen LogP contribution is 2.23. The second-order valence-electron chi connectivity index (χ2n) is 5.81. The molecule has 0 amide bonds. The largest absolute Gasteiger partial charge is 0.325 e. The lowest BCUT2D eigenvalue weighted by atomic mass is 9.96. The second-order valence-corrected chi connectivity index (χ2v) is 5.81. The van der Waals surface area contributed by atoms with Crippen molar-refractivity contribution >= 4 is 11.6 Å². The van der Waals surface area contributed by atoms with E-state index in [4.69, 9.17) is 10.8 Å². The van der Waals surface area contributed by atoms with E-state index in [1.807, 2.05) is 0 Å². The summed E-state index contributed by atoms with van der Waals surface area (Å²) < 4.78 is 0. The van der Waals surface area contributed by atoms with Gasteiger partial charge in [-0.2, -0.15) is 0 Å². The first-order valence-corrected chi connectivity index (χ1v) is 7.49. The fraction of sp³-hybridized carbons (Fsp3) is 0.562. The molecule has 0 saturated heterocycles. The van der Waals surface area contributed by atoms with Gasteiger partial charge in [-0.1, -0.05) is 37.0 Å². The SMILES string of the molecule is Cc1cc(C)c(NC(=NC2CCCCC2)NN)c(C)c1. The smallest absolute Gasteiger partial charge is 0.210 e. The Morgan fingerprint density at radius 2 is 1.70 bits per heavy atom. The van der Waals surface area contributed by atoms with E-state index < -0.39 is 0 Å². The summed E-state index contributed by atoms with van der Waals surface area (Å²) in [6.45, 7) is 6.33. The lowest BCUT2D eigenvalue weighted by Crippen LogP contribution is -2.38. The van der Waals surface area contributed by atoms with Crippen LogP contribution in [0.1, 0.15) is 48.8 Å². The zero-order chi connectivity index (χ0) is 14.5. The number of guanidine groups is 1. The number of rotatable bonds is 2. The molecule has 0 atom stereocenters. The van der Waals surface area contributed by atoms with Gasteiger partial charge in [0.05, 0.1) is 6.04 Å². The van der Waals surface area contributed by atoms with Crippen LogP contribution in [0.5, 0.6) is 0 Å². The number of nitrogens with one attached hydrogen (secondary N) is 2. The van der Waals surface area contributed by atoms with E-state index >= 15 is 0 Å². The third kappa shape index (κ3) is 3.73. The Balaban J connectivity index is 2.15. The van der Waals surface area contributed by atoms with Crippen LogP contribution in [0.4, 0.5) is 5.69 Å². The zero-order valence-corrected chi connectivity index (χ0v) is 12.8. The van der Waals surface area contributed by atoms with Crippen LogP contribution in [0.3, 0.4) is 0 Å². The maximum atomic E-state index is 5.62. The van der Waals surface area contributed by atoms with Crippen LogP contribution in [0.2, 0.25) is 0 Å². The lowest BCUT2D eigenvalue weighted by molar-refractivity contribution is 0.442. The first kappa shape index (κ1) is 14.9. The van der Waals surface area contributed by atoms with Gasteiger partial charge in [-0.25, -0.2) is 10.8 Å². The Kier molecular flexibility index (Phi) is 5.01. The van der Waals surface area contributed by atoms with Crippen molar-refractivity contribution in [1.29, 1.82) is 0 Å². The number of nitrogens with zero attached hydrogens (tertiary/aromatic N) is 1. The Bertz CT molecular complexity index is 464. The molecule has 2 rings (SSSR count). The first-order chi connectivity index (χ1) is 9.60. The fourth-order valence-corrected chi connectivity index (χ4v) is 2.99. The Morgan fingerprint density at radius 3 is 2.25 bits per heavy atom. The van der Waals surface area contributed by atoms with Crippen LogP contribution in [0.15, 0.2) is 17.1 Å². The third-order valence-corrected chi connectivity index (χ3v) is 3.94. The summed E-state index contributed by atoms with van der Waals surface area (Å²) in [6, 6.07) is 4.74. The van der Waals surface area contributed by atoms with Gasteiger partial charge in [0.2, 0.25) is 5.96 Å². The predicted octanol–water partition coefficient (Wildman–Crippen LogP) is 3.18. The maximum absolute atomic E-state index is 5.62. The molecule has 0 radical (unpaired) electrons. The van der Waals surface area contributed by atoms with Crippen molar-refractivity contribution in [3.05, 3.63) is 28.8 Å². The van der Waals surface area contributed by atoms with Crippen LogP contribution in [-0.4, -0.2) is 12.0 Å². The molecule has 0 aromatic heterocycles. The Labute approximate surface area is 121 Å². The van der Waals surface area contributed by atoms with E-state index in [0.29, 0.717) is 12.0 Å². The van der Waals surface area contributed by atoms with E-state index in [0.717, 1.165) is 5.69 Å². The standard InChI is InChI=1S/C16H26N4/c1-11-9-12(2)15(13(3)10-11)19-16(20-17)18-14-7-5-4-6-8-14/h9-10,14H,4-8,17H2,1-3H3,(H2,18,19,20). The minimum Gasteiger partial charge on any atom is -0.325 e. The van der Waals surface area contributed by atoms with Crippen LogP contribution < -0.4 is 16.6 Å². The summed E-state index contributed by atoms with van der Waals surface area (Å²) >= 11 is 0. The molecule has 0 aliphatic heterocycles. The summed E-state index contributed by atoms with van der Waals surface area (Å²) in [4.78, 5) is 4.72. The molecule has 4 N–H and O–H groups in total. The highest BCUT2D eigenvalue weighted by molar-refractivity contribution is 5.94. The van der Waals surface area contributed by atoms with E-state index in [9.17, 15) is 0 Å². The number of anilines is 1.